The van der Waals surface area contributed by atoms with Gasteiger partial charge in [0.05, 0.1) is 12.2 Å². The fourth-order valence-electron chi connectivity index (χ4n) is 2.40. The zero-order valence-corrected chi connectivity index (χ0v) is 10.2. The zero-order valence-electron chi connectivity index (χ0n) is 10.2. The highest BCUT2D eigenvalue weighted by Crippen LogP contribution is 2.36. The van der Waals surface area contributed by atoms with Gasteiger partial charge in [0.15, 0.2) is 0 Å². The Bertz CT molecular complexity index is 419. The highest BCUT2D eigenvalue weighted by atomic mass is 16.5. The van der Waals surface area contributed by atoms with Gasteiger partial charge in [-0.25, -0.2) is 4.79 Å². The van der Waals surface area contributed by atoms with Crippen LogP contribution >= 0.6 is 0 Å². The number of benzene rings is 1. The fourth-order valence-corrected chi connectivity index (χ4v) is 2.40. The van der Waals surface area contributed by atoms with Crippen LogP contribution in [0.15, 0.2) is 18.2 Å². The highest BCUT2D eigenvalue weighted by molar-refractivity contribution is 5.89. The highest BCUT2D eigenvalue weighted by Gasteiger charge is 2.28. The van der Waals surface area contributed by atoms with Gasteiger partial charge >= 0.3 is 5.97 Å². The maximum absolute atomic E-state index is 11.6. The predicted molar refractivity (Wildman–Crippen MR) is 63.6 cm³/mol. The molecule has 0 heterocycles. The van der Waals surface area contributed by atoms with Crippen molar-refractivity contribution < 1.29 is 9.53 Å². The fraction of sp³-hybridized carbons (Fsp3) is 0.500. The molecule has 0 aliphatic heterocycles. The summed E-state index contributed by atoms with van der Waals surface area (Å²) in [7, 11) is 0. The number of hydrogen-bond acceptors (Lipinski definition) is 2. The van der Waals surface area contributed by atoms with Crippen molar-refractivity contribution in [3.63, 3.8) is 0 Å². The van der Waals surface area contributed by atoms with Crippen LogP contribution in [-0.4, -0.2) is 12.6 Å². The van der Waals surface area contributed by atoms with E-state index < -0.39 is 0 Å². The molecule has 2 rings (SSSR count). The van der Waals surface area contributed by atoms with Gasteiger partial charge in [0.2, 0.25) is 0 Å². The van der Waals surface area contributed by atoms with Gasteiger partial charge in [-0.05, 0) is 48.4 Å². The molecule has 2 heteroatoms. The lowest BCUT2D eigenvalue weighted by molar-refractivity contribution is 0.0526. The SMILES string of the molecule is CCOC(=O)c1ccc2c(c1)CC(C)(C)C2. The van der Waals surface area contributed by atoms with E-state index in [1.54, 1.807) is 0 Å². The monoisotopic (exact) mass is 218 g/mol. The Kier molecular flexibility index (Phi) is 2.75. The molecule has 0 unspecified atom stereocenters. The Morgan fingerprint density at radius 2 is 2.00 bits per heavy atom. The maximum Gasteiger partial charge on any atom is 0.338 e. The molecule has 1 aliphatic carbocycles. The number of ether oxygens (including phenoxy) is 1. The lowest BCUT2D eigenvalue weighted by Gasteiger charge is -2.14. The Hall–Kier alpha value is -1.31. The summed E-state index contributed by atoms with van der Waals surface area (Å²) in [6, 6.07) is 5.93. The van der Waals surface area contributed by atoms with E-state index in [-0.39, 0.29) is 5.97 Å². The van der Waals surface area contributed by atoms with Gasteiger partial charge in [0.1, 0.15) is 0 Å². The molecular weight excluding hydrogens is 200 g/mol. The molecule has 0 saturated heterocycles. The van der Waals surface area contributed by atoms with E-state index in [4.69, 9.17) is 4.74 Å². The minimum Gasteiger partial charge on any atom is -0.462 e. The number of carbonyl (C=O) groups excluding carboxylic acids is 1. The van der Waals surface area contributed by atoms with Crippen LogP contribution in [0.25, 0.3) is 0 Å². The molecule has 86 valence electrons. The average Bonchev–Trinajstić information content (AvgIpc) is 2.50. The van der Waals surface area contributed by atoms with Gasteiger partial charge in [-0.2, -0.15) is 0 Å². The molecule has 0 atom stereocenters. The minimum absolute atomic E-state index is 0.213. The number of rotatable bonds is 2. The molecule has 0 radical (unpaired) electrons. The number of hydrogen-bond donors (Lipinski definition) is 0. The molecule has 1 aromatic carbocycles. The quantitative estimate of drug-likeness (QED) is 0.713. The van der Waals surface area contributed by atoms with E-state index in [1.807, 2.05) is 19.1 Å². The van der Waals surface area contributed by atoms with Crippen molar-refractivity contribution in [1.82, 2.24) is 0 Å². The van der Waals surface area contributed by atoms with Crippen LogP contribution in [0.2, 0.25) is 0 Å². The number of esters is 1. The van der Waals surface area contributed by atoms with Gasteiger partial charge in [-0.3, -0.25) is 0 Å². The third kappa shape index (κ3) is 2.11. The Labute approximate surface area is 96.6 Å². The van der Waals surface area contributed by atoms with Crippen molar-refractivity contribution in [2.24, 2.45) is 5.41 Å². The standard InChI is InChI=1S/C14H18O2/c1-4-16-13(15)10-5-6-11-8-14(2,3)9-12(11)7-10/h5-7H,4,8-9H2,1-3H3. The van der Waals surface area contributed by atoms with E-state index in [1.165, 1.54) is 11.1 Å². The first-order valence-corrected chi connectivity index (χ1v) is 5.81. The molecular formula is C14H18O2. The summed E-state index contributed by atoms with van der Waals surface area (Å²) in [6.07, 6.45) is 2.15. The summed E-state index contributed by atoms with van der Waals surface area (Å²) in [4.78, 5) is 11.6. The zero-order chi connectivity index (χ0) is 11.8. The third-order valence-electron chi connectivity index (χ3n) is 3.06. The lowest BCUT2D eigenvalue weighted by Crippen LogP contribution is -2.09. The van der Waals surface area contributed by atoms with E-state index in [0.717, 1.165) is 12.8 Å². The second-order valence-corrected chi connectivity index (χ2v) is 5.22. The summed E-state index contributed by atoms with van der Waals surface area (Å²) >= 11 is 0. The summed E-state index contributed by atoms with van der Waals surface area (Å²) in [5, 5.41) is 0. The van der Waals surface area contributed by atoms with E-state index in [0.29, 0.717) is 17.6 Å². The van der Waals surface area contributed by atoms with Crippen LogP contribution in [0.4, 0.5) is 0 Å². The second kappa shape index (κ2) is 3.93. The minimum atomic E-state index is -0.213. The molecule has 1 aromatic rings. The van der Waals surface area contributed by atoms with Crippen molar-refractivity contribution in [2.75, 3.05) is 6.61 Å². The molecule has 2 nitrogen and oxygen atoms in total. The van der Waals surface area contributed by atoms with Crippen LogP contribution in [0.5, 0.6) is 0 Å². The van der Waals surface area contributed by atoms with E-state index in [2.05, 4.69) is 19.9 Å². The van der Waals surface area contributed by atoms with Crippen molar-refractivity contribution in [2.45, 2.75) is 33.6 Å². The van der Waals surface area contributed by atoms with Crippen LogP contribution in [0.1, 0.15) is 42.3 Å². The van der Waals surface area contributed by atoms with Crippen molar-refractivity contribution in [3.05, 3.63) is 34.9 Å². The van der Waals surface area contributed by atoms with Gasteiger partial charge in [-0.1, -0.05) is 19.9 Å². The summed E-state index contributed by atoms with van der Waals surface area (Å²) in [6.45, 7) is 6.78. The second-order valence-electron chi connectivity index (χ2n) is 5.22. The molecule has 0 N–H and O–H groups in total. The van der Waals surface area contributed by atoms with Crippen molar-refractivity contribution in [1.29, 1.82) is 0 Å². The van der Waals surface area contributed by atoms with Crippen LogP contribution in [-0.2, 0) is 17.6 Å². The Morgan fingerprint density at radius 1 is 1.31 bits per heavy atom. The third-order valence-corrected chi connectivity index (χ3v) is 3.06. The maximum atomic E-state index is 11.6. The summed E-state index contributed by atoms with van der Waals surface area (Å²) < 4.78 is 5.00. The molecule has 0 fully saturated rings. The lowest BCUT2D eigenvalue weighted by atomic mass is 9.90. The average molecular weight is 218 g/mol. The molecule has 1 aliphatic rings. The van der Waals surface area contributed by atoms with Gasteiger partial charge < -0.3 is 4.74 Å². The predicted octanol–water partition coefficient (Wildman–Crippen LogP) is 2.99. The van der Waals surface area contributed by atoms with Crippen LogP contribution < -0.4 is 0 Å². The van der Waals surface area contributed by atoms with Gasteiger partial charge in [-0.15, -0.1) is 0 Å². The summed E-state index contributed by atoms with van der Waals surface area (Å²) in [5.41, 5.74) is 3.68. The van der Waals surface area contributed by atoms with Crippen molar-refractivity contribution >= 4 is 5.97 Å². The summed E-state index contributed by atoms with van der Waals surface area (Å²) in [5.74, 6) is -0.213. The molecule has 0 aromatic heterocycles. The van der Waals surface area contributed by atoms with Gasteiger partial charge in [0.25, 0.3) is 0 Å². The van der Waals surface area contributed by atoms with Gasteiger partial charge in [0, 0.05) is 0 Å². The Morgan fingerprint density at radius 3 is 2.69 bits per heavy atom. The molecule has 0 spiro atoms. The molecule has 0 bridgehead atoms. The van der Waals surface area contributed by atoms with Crippen molar-refractivity contribution in [3.8, 4) is 0 Å². The largest absolute Gasteiger partial charge is 0.462 e. The first kappa shape index (κ1) is 11.2. The van der Waals surface area contributed by atoms with Crippen LogP contribution in [0.3, 0.4) is 0 Å². The number of fused-ring (bicyclic) bond motifs is 1. The first-order valence-electron chi connectivity index (χ1n) is 5.81. The molecule has 0 saturated carbocycles. The molecule has 0 amide bonds. The smallest absolute Gasteiger partial charge is 0.338 e. The topological polar surface area (TPSA) is 26.3 Å². The first-order chi connectivity index (χ1) is 7.52. The normalized spacial score (nSPS) is 16.9. The Balaban J connectivity index is 2.26. The number of carbonyl (C=O) groups is 1. The van der Waals surface area contributed by atoms with E-state index in [9.17, 15) is 4.79 Å². The van der Waals surface area contributed by atoms with Crippen LogP contribution in [0, 0.1) is 5.41 Å². The van der Waals surface area contributed by atoms with E-state index >= 15 is 0 Å². The molecule has 16 heavy (non-hydrogen) atoms.